The molecule has 2 rings (SSSR count). The van der Waals surface area contributed by atoms with Crippen LogP contribution in [0.2, 0.25) is 0 Å². The third-order valence-electron chi connectivity index (χ3n) is 5.79. The summed E-state index contributed by atoms with van der Waals surface area (Å²) in [6.07, 6.45) is 2.34. The van der Waals surface area contributed by atoms with Crippen molar-refractivity contribution in [1.82, 2.24) is 20.9 Å². The highest BCUT2D eigenvalue weighted by molar-refractivity contribution is 14.0. The van der Waals surface area contributed by atoms with E-state index in [1.165, 1.54) is 12.8 Å². The number of amides is 1. The molecule has 8 heteroatoms. The van der Waals surface area contributed by atoms with Crippen molar-refractivity contribution >= 4 is 35.8 Å². The van der Waals surface area contributed by atoms with Crippen molar-refractivity contribution in [3.8, 4) is 0 Å². The number of morpholine rings is 1. The van der Waals surface area contributed by atoms with E-state index in [0.29, 0.717) is 24.1 Å². The maximum atomic E-state index is 11.7. The minimum Gasteiger partial charge on any atom is -0.379 e. The van der Waals surface area contributed by atoms with E-state index >= 15 is 0 Å². The van der Waals surface area contributed by atoms with E-state index in [0.717, 1.165) is 50.9 Å². The third kappa shape index (κ3) is 8.94. The highest BCUT2D eigenvalue weighted by atomic mass is 127. The van der Waals surface area contributed by atoms with Crippen molar-refractivity contribution < 1.29 is 9.53 Å². The Morgan fingerprint density at radius 3 is 2.29 bits per heavy atom. The molecule has 0 aromatic heterocycles. The lowest BCUT2D eigenvalue weighted by molar-refractivity contribution is 0.00272. The lowest BCUT2D eigenvalue weighted by Gasteiger charge is -2.39. The topological polar surface area (TPSA) is 78.0 Å². The van der Waals surface area contributed by atoms with Crippen molar-refractivity contribution in [3.05, 3.63) is 35.4 Å². The van der Waals surface area contributed by atoms with Gasteiger partial charge in [-0.2, -0.15) is 0 Å². The standard InChI is InChI=1S/C23H39N5O2.HI/c1-5-19(6-2)21(28-12-14-30-15-13-28)17-27-23(25-7-3)26-16-18-8-10-20(11-9-18)22(29)24-4;/h8-11,19,21H,5-7,12-17H2,1-4H3,(H,24,29)(H2,25,26,27);1H. The second-order valence-corrected chi connectivity index (χ2v) is 7.64. The van der Waals surface area contributed by atoms with Gasteiger partial charge in [-0.25, -0.2) is 4.99 Å². The van der Waals surface area contributed by atoms with E-state index < -0.39 is 0 Å². The van der Waals surface area contributed by atoms with Crippen LogP contribution in [0.3, 0.4) is 0 Å². The Kier molecular flexibility index (Phi) is 13.7. The summed E-state index contributed by atoms with van der Waals surface area (Å²) in [4.78, 5) is 19.0. The number of hydrogen-bond acceptors (Lipinski definition) is 4. The molecule has 1 aromatic rings. The average molecular weight is 546 g/mol. The normalized spacial score (nSPS) is 15.8. The van der Waals surface area contributed by atoms with E-state index in [1.807, 2.05) is 24.3 Å². The molecule has 3 N–H and O–H groups in total. The van der Waals surface area contributed by atoms with E-state index in [9.17, 15) is 4.79 Å². The van der Waals surface area contributed by atoms with Crippen LogP contribution in [0.4, 0.5) is 0 Å². The van der Waals surface area contributed by atoms with Crippen LogP contribution in [0.25, 0.3) is 0 Å². The molecule has 1 unspecified atom stereocenters. The van der Waals surface area contributed by atoms with Gasteiger partial charge in [0, 0.05) is 44.8 Å². The lowest BCUT2D eigenvalue weighted by Crippen LogP contribution is -2.53. The van der Waals surface area contributed by atoms with E-state index in [1.54, 1.807) is 7.05 Å². The molecule has 1 aliphatic rings. The Morgan fingerprint density at radius 1 is 1.10 bits per heavy atom. The fourth-order valence-corrected chi connectivity index (χ4v) is 3.96. The molecule has 7 nitrogen and oxygen atoms in total. The van der Waals surface area contributed by atoms with Crippen LogP contribution in [0.5, 0.6) is 0 Å². The summed E-state index contributed by atoms with van der Waals surface area (Å²) in [7, 11) is 1.64. The second-order valence-electron chi connectivity index (χ2n) is 7.64. The molecule has 0 aliphatic carbocycles. The van der Waals surface area contributed by atoms with Crippen molar-refractivity contribution in [2.75, 3.05) is 46.4 Å². The smallest absolute Gasteiger partial charge is 0.251 e. The maximum Gasteiger partial charge on any atom is 0.251 e. The molecular formula is C23H40IN5O2. The molecule has 1 aromatic carbocycles. The van der Waals surface area contributed by atoms with Crippen molar-refractivity contribution in [2.45, 2.75) is 46.2 Å². The molecule has 1 aliphatic heterocycles. The third-order valence-corrected chi connectivity index (χ3v) is 5.79. The van der Waals surface area contributed by atoms with Gasteiger partial charge in [-0.15, -0.1) is 24.0 Å². The Hall–Kier alpha value is -1.39. The predicted octanol–water partition coefficient (Wildman–Crippen LogP) is 2.86. The molecule has 1 amide bonds. The number of guanidine groups is 1. The number of carbonyl (C=O) groups is 1. The Labute approximate surface area is 204 Å². The van der Waals surface area contributed by atoms with Gasteiger partial charge < -0.3 is 20.7 Å². The molecule has 31 heavy (non-hydrogen) atoms. The summed E-state index contributed by atoms with van der Waals surface area (Å²) in [6.45, 7) is 12.5. The largest absolute Gasteiger partial charge is 0.379 e. The summed E-state index contributed by atoms with van der Waals surface area (Å²) in [5.41, 5.74) is 1.73. The summed E-state index contributed by atoms with van der Waals surface area (Å²) >= 11 is 0. The fraction of sp³-hybridized carbons (Fsp3) is 0.652. The fourth-order valence-electron chi connectivity index (χ4n) is 3.96. The molecule has 0 spiro atoms. The first kappa shape index (κ1) is 27.6. The van der Waals surface area contributed by atoms with E-state index in [-0.39, 0.29) is 29.9 Å². The quantitative estimate of drug-likeness (QED) is 0.240. The minimum absolute atomic E-state index is 0. The Bertz CT molecular complexity index is 658. The van der Waals surface area contributed by atoms with E-state index in [4.69, 9.17) is 9.73 Å². The number of aliphatic imine (C=N–C) groups is 1. The van der Waals surface area contributed by atoms with Crippen LogP contribution in [-0.2, 0) is 11.3 Å². The zero-order chi connectivity index (χ0) is 21.8. The number of nitrogens with one attached hydrogen (secondary N) is 3. The van der Waals surface area contributed by atoms with Gasteiger partial charge >= 0.3 is 0 Å². The van der Waals surface area contributed by atoms with Crippen molar-refractivity contribution in [3.63, 3.8) is 0 Å². The predicted molar refractivity (Wildman–Crippen MR) is 138 cm³/mol. The number of hydrogen-bond donors (Lipinski definition) is 3. The van der Waals surface area contributed by atoms with Gasteiger partial charge in [0.1, 0.15) is 0 Å². The zero-order valence-electron chi connectivity index (χ0n) is 19.4. The zero-order valence-corrected chi connectivity index (χ0v) is 21.8. The van der Waals surface area contributed by atoms with Crippen LogP contribution in [0.1, 0.15) is 49.5 Å². The minimum atomic E-state index is -0.0735. The Morgan fingerprint density at radius 2 is 1.74 bits per heavy atom. The first-order valence-corrected chi connectivity index (χ1v) is 11.3. The lowest BCUT2D eigenvalue weighted by atomic mass is 9.92. The summed E-state index contributed by atoms with van der Waals surface area (Å²) < 4.78 is 5.56. The highest BCUT2D eigenvalue weighted by Crippen LogP contribution is 2.19. The van der Waals surface area contributed by atoms with Gasteiger partial charge in [-0.05, 0) is 30.5 Å². The van der Waals surface area contributed by atoms with Crippen LogP contribution in [0, 0.1) is 5.92 Å². The van der Waals surface area contributed by atoms with Gasteiger partial charge in [0.25, 0.3) is 5.91 Å². The summed E-state index contributed by atoms with van der Waals surface area (Å²) in [6, 6.07) is 8.06. The van der Waals surface area contributed by atoms with Gasteiger partial charge in [-0.1, -0.05) is 38.8 Å². The number of carbonyl (C=O) groups excluding carboxylic acids is 1. The number of nitrogens with zero attached hydrogens (tertiary/aromatic N) is 2. The van der Waals surface area contributed by atoms with Crippen LogP contribution < -0.4 is 16.0 Å². The van der Waals surface area contributed by atoms with Gasteiger partial charge in [-0.3, -0.25) is 9.69 Å². The SMILES string of the molecule is CCNC(=NCc1ccc(C(=O)NC)cc1)NCC(C(CC)CC)N1CCOCC1.I. The number of ether oxygens (including phenoxy) is 1. The second kappa shape index (κ2) is 15.4. The summed E-state index contributed by atoms with van der Waals surface area (Å²) in [5.74, 6) is 1.41. The van der Waals surface area contributed by atoms with Crippen LogP contribution in [-0.4, -0.2) is 69.2 Å². The number of halogens is 1. The summed E-state index contributed by atoms with van der Waals surface area (Å²) in [5, 5.41) is 9.57. The molecular weight excluding hydrogens is 505 g/mol. The maximum absolute atomic E-state index is 11.7. The first-order chi connectivity index (χ1) is 14.6. The number of benzene rings is 1. The van der Waals surface area contributed by atoms with Gasteiger partial charge in [0.15, 0.2) is 5.96 Å². The molecule has 176 valence electrons. The molecule has 1 atom stereocenters. The molecule has 1 saturated heterocycles. The first-order valence-electron chi connectivity index (χ1n) is 11.3. The van der Waals surface area contributed by atoms with Crippen molar-refractivity contribution in [2.24, 2.45) is 10.9 Å². The Balaban J connectivity index is 0.00000480. The van der Waals surface area contributed by atoms with Crippen LogP contribution >= 0.6 is 24.0 Å². The van der Waals surface area contributed by atoms with E-state index in [2.05, 4.69) is 41.6 Å². The van der Waals surface area contributed by atoms with Crippen molar-refractivity contribution in [1.29, 1.82) is 0 Å². The average Bonchev–Trinajstić information content (AvgIpc) is 2.80. The molecule has 1 fully saturated rings. The van der Waals surface area contributed by atoms with Gasteiger partial charge in [0.2, 0.25) is 0 Å². The van der Waals surface area contributed by atoms with Gasteiger partial charge in [0.05, 0.1) is 19.8 Å². The highest BCUT2D eigenvalue weighted by Gasteiger charge is 2.27. The monoisotopic (exact) mass is 545 g/mol. The molecule has 0 radical (unpaired) electrons. The number of rotatable bonds is 10. The molecule has 1 heterocycles. The molecule has 0 saturated carbocycles. The molecule has 0 bridgehead atoms. The van der Waals surface area contributed by atoms with Crippen LogP contribution in [0.15, 0.2) is 29.3 Å².